The van der Waals surface area contributed by atoms with Crippen LogP contribution in [0.25, 0.3) is 27.9 Å². The van der Waals surface area contributed by atoms with E-state index in [-0.39, 0.29) is 0 Å². The van der Waals surface area contributed by atoms with Gasteiger partial charge in [-0.2, -0.15) is 4.52 Å². The number of para-hydroxylation sites is 1. The number of rotatable bonds is 3. The molecule has 0 aliphatic carbocycles. The number of anilines is 2. The lowest BCUT2D eigenvalue weighted by molar-refractivity contribution is 0.539. The lowest BCUT2D eigenvalue weighted by atomic mass is 10.1. The summed E-state index contributed by atoms with van der Waals surface area (Å²) in [6.45, 7) is 7.10. The molecule has 33 heavy (non-hydrogen) atoms. The van der Waals surface area contributed by atoms with Crippen molar-refractivity contribution in [3.8, 4) is 11.4 Å². The van der Waals surface area contributed by atoms with Gasteiger partial charge in [-0.05, 0) is 43.7 Å². The number of benzene rings is 3. The second-order valence-electron chi connectivity index (χ2n) is 8.79. The molecule has 0 unspecified atom stereocenters. The average Bonchev–Trinajstić information content (AvgIpc) is 3.30. The minimum atomic E-state index is 0.348. The highest BCUT2D eigenvalue weighted by molar-refractivity contribution is 5.93. The Bertz CT molecular complexity index is 1440. The smallest absolute Gasteiger partial charge is 0.229 e. The van der Waals surface area contributed by atoms with Crippen LogP contribution in [-0.2, 0) is 0 Å². The van der Waals surface area contributed by atoms with Crippen molar-refractivity contribution >= 4 is 28.2 Å². The number of piperazine rings is 1. The number of fused-ring (bicyclic) bond motifs is 3. The van der Waals surface area contributed by atoms with Crippen LogP contribution in [0, 0.1) is 6.92 Å². The van der Waals surface area contributed by atoms with Gasteiger partial charge in [0.1, 0.15) is 0 Å². The lowest BCUT2D eigenvalue weighted by Crippen LogP contribution is -2.53. The maximum atomic E-state index is 5.05. The van der Waals surface area contributed by atoms with Crippen LogP contribution in [0.3, 0.4) is 0 Å². The standard InChI is InChI=1S/C27H26N6/c1-19-9-8-12-22(17-19)32-16-15-31(18-20(32)2)27-28-24-14-7-6-13-23(24)26-29-25(30-33(26)27)21-10-4-3-5-11-21/h3-14,17,20H,15-16,18H2,1-2H3/t20-/m1/s1. The molecule has 0 saturated carbocycles. The number of nitrogens with zero attached hydrogens (tertiary/aromatic N) is 6. The highest BCUT2D eigenvalue weighted by Crippen LogP contribution is 2.28. The van der Waals surface area contributed by atoms with Gasteiger partial charge in [-0.15, -0.1) is 5.10 Å². The Morgan fingerprint density at radius 2 is 1.67 bits per heavy atom. The molecule has 6 rings (SSSR count). The van der Waals surface area contributed by atoms with Gasteiger partial charge in [0.15, 0.2) is 11.5 Å². The molecule has 1 aliphatic rings. The molecular formula is C27H26N6. The number of aromatic nitrogens is 4. The van der Waals surface area contributed by atoms with Crippen molar-refractivity contribution < 1.29 is 0 Å². The third-order valence-corrected chi connectivity index (χ3v) is 6.44. The first-order chi connectivity index (χ1) is 16.2. The van der Waals surface area contributed by atoms with Gasteiger partial charge in [0, 0.05) is 42.3 Å². The minimum Gasteiger partial charge on any atom is -0.365 e. The van der Waals surface area contributed by atoms with E-state index in [2.05, 4.69) is 60.0 Å². The van der Waals surface area contributed by atoms with E-state index >= 15 is 0 Å². The molecule has 1 aliphatic heterocycles. The Morgan fingerprint density at radius 3 is 2.48 bits per heavy atom. The molecule has 3 heterocycles. The largest absolute Gasteiger partial charge is 0.365 e. The first-order valence-corrected chi connectivity index (χ1v) is 11.5. The van der Waals surface area contributed by atoms with Crippen molar-refractivity contribution in [2.45, 2.75) is 19.9 Å². The predicted octanol–water partition coefficient (Wildman–Crippen LogP) is 4.97. The molecule has 3 aromatic carbocycles. The SMILES string of the molecule is Cc1cccc(N2CCN(c3nc4ccccc4c4nc(-c5ccccc5)nn34)C[C@H]2C)c1. The Labute approximate surface area is 193 Å². The molecule has 2 aromatic heterocycles. The second-order valence-corrected chi connectivity index (χ2v) is 8.79. The van der Waals surface area contributed by atoms with Crippen molar-refractivity contribution in [1.29, 1.82) is 0 Å². The van der Waals surface area contributed by atoms with Gasteiger partial charge in [0.2, 0.25) is 5.95 Å². The molecular weight excluding hydrogens is 408 g/mol. The molecule has 1 atom stereocenters. The van der Waals surface area contributed by atoms with E-state index in [9.17, 15) is 0 Å². The van der Waals surface area contributed by atoms with Crippen LogP contribution in [-0.4, -0.2) is 45.3 Å². The molecule has 6 heteroatoms. The fraction of sp³-hybridized carbons (Fsp3) is 0.222. The maximum absolute atomic E-state index is 5.05. The lowest BCUT2D eigenvalue weighted by Gasteiger charge is -2.41. The fourth-order valence-electron chi connectivity index (χ4n) is 4.78. The summed E-state index contributed by atoms with van der Waals surface area (Å²) in [5, 5.41) is 5.93. The van der Waals surface area contributed by atoms with Gasteiger partial charge in [-0.3, -0.25) is 0 Å². The third-order valence-electron chi connectivity index (χ3n) is 6.44. The van der Waals surface area contributed by atoms with Crippen LogP contribution in [0.4, 0.5) is 11.6 Å². The van der Waals surface area contributed by atoms with Gasteiger partial charge in [-0.1, -0.05) is 54.6 Å². The topological polar surface area (TPSA) is 49.6 Å². The summed E-state index contributed by atoms with van der Waals surface area (Å²) in [6, 6.07) is 27.4. The zero-order valence-corrected chi connectivity index (χ0v) is 18.9. The summed E-state index contributed by atoms with van der Waals surface area (Å²) < 4.78 is 1.93. The van der Waals surface area contributed by atoms with Crippen LogP contribution >= 0.6 is 0 Å². The van der Waals surface area contributed by atoms with Crippen LogP contribution in [0.5, 0.6) is 0 Å². The van der Waals surface area contributed by atoms with E-state index < -0.39 is 0 Å². The van der Waals surface area contributed by atoms with Gasteiger partial charge < -0.3 is 9.80 Å². The first kappa shape index (κ1) is 19.7. The van der Waals surface area contributed by atoms with E-state index in [0.717, 1.165) is 53.5 Å². The van der Waals surface area contributed by atoms with Crippen molar-refractivity contribution in [2.24, 2.45) is 0 Å². The molecule has 164 valence electrons. The molecule has 6 nitrogen and oxygen atoms in total. The van der Waals surface area contributed by atoms with Crippen LogP contribution < -0.4 is 9.80 Å². The Morgan fingerprint density at radius 1 is 0.848 bits per heavy atom. The Hall–Kier alpha value is -3.93. The quantitative estimate of drug-likeness (QED) is 0.401. The van der Waals surface area contributed by atoms with E-state index in [0.29, 0.717) is 6.04 Å². The Balaban J connectivity index is 1.42. The summed E-state index contributed by atoms with van der Waals surface area (Å²) in [5.74, 6) is 1.58. The van der Waals surface area contributed by atoms with Gasteiger partial charge in [-0.25, -0.2) is 9.97 Å². The van der Waals surface area contributed by atoms with E-state index in [1.165, 1.54) is 11.3 Å². The molecule has 0 N–H and O–H groups in total. The first-order valence-electron chi connectivity index (χ1n) is 11.5. The molecule has 0 amide bonds. The third kappa shape index (κ3) is 3.48. The van der Waals surface area contributed by atoms with Gasteiger partial charge >= 0.3 is 0 Å². The van der Waals surface area contributed by atoms with E-state index in [4.69, 9.17) is 15.1 Å². The normalized spacial score (nSPS) is 16.6. The summed E-state index contributed by atoms with van der Waals surface area (Å²) in [4.78, 5) is 14.8. The van der Waals surface area contributed by atoms with Gasteiger partial charge in [0.25, 0.3) is 0 Å². The monoisotopic (exact) mass is 434 g/mol. The zero-order valence-electron chi connectivity index (χ0n) is 18.9. The fourth-order valence-corrected chi connectivity index (χ4v) is 4.78. The van der Waals surface area contributed by atoms with Gasteiger partial charge in [0.05, 0.1) is 5.52 Å². The maximum Gasteiger partial charge on any atom is 0.229 e. The van der Waals surface area contributed by atoms with E-state index in [1.807, 2.05) is 47.0 Å². The van der Waals surface area contributed by atoms with Crippen molar-refractivity contribution in [1.82, 2.24) is 19.6 Å². The average molecular weight is 435 g/mol. The molecule has 0 bridgehead atoms. The minimum absolute atomic E-state index is 0.348. The summed E-state index contributed by atoms with van der Waals surface area (Å²) in [6.07, 6.45) is 0. The Kier molecular flexibility index (Phi) is 4.72. The highest BCUT2D eigenvalue weighted by Gasteiger charge is 2.27. The van der Waals surface area contributed by atoms with E-state index in [1.54, 1.807) is 0 Å². The summed E-state index contributed by atoms with van der Waals surface area (Å²) in [5.41, 5.74) is 5.37. The summed E-state index contributed by atoms with van der Waals surface area (Å²) in [7, 11) is 0. The molecule has 0 radical (unpaired) electrons. The van der Waals surface area contributed by atoms with Crippen LogP contribution in [0.2, 0.25) is 0 Å². The highest BCUT2D eigenvalue weighted by atomic mass is 15.4. The van der Waals surface area contributed by atoms with Crippen LogP contribution in [0.15, 0.2) is 78.9 Å². The molecule has 1 fully saturated rings. The molecule has 0 spiro atoms. The summed E-state index contributed by atoms with van der Waals surface area (Å²) >= 11 is 0. The molecule has 5 aromatic rings. The number of hydrogen-bond donors (Lipinski definition) is 0. The predicted molar refractivity (Wildman–Crippen MR) is 134 cm³/mol. The van der Waals surface area contributed by atoms with Crippen molar-refractivity contribution in [2.75, 3.05) is 29.4 Å². The van der Waals surface area contributed by atoms with Crippen LogP contribution in [0.1, 0.15) is 12.5 Å². The van der Waals surface area contributed by atoms with Crippen molar-refractivity contribution in [3.05, 3.63) is 84.4 Å². The van der Waals surface area contributed by atoms with Crippen molar-refractivity contribution in [3.63, 3.8) is 0 Å². The number of aryl methyl sites for hydroxylation is 1. The number of hydrogen-bond acceptors (Lipinski definition) is 5. The zero-order chi connectivity index (χ0) is 22.4. The molecule has 1 saturated heterocycles. The second kappa shape index (κ2) is 7.89.